The fourth-order valence-corrected chi connectivity index (χ4v) is 3.53. The van der Waals surface area contributed by atoms with E-state index < -0.39 is 0 Å². The Bertz CT molecular complexity index is 1020. The number of aryl methyl sites for hydroxylation is 1. The minimum atomic E-state index is -0.0755. The van der Waals surface area contributed by atoms with Crippen LogP contribution in [0.25, 0.3) is 23.3 Å². The van der Waals surface area contributed by atoms with E-state index in [1.165, 1.54) is 11.1 Å². The third-order valence-corrected chi connectivity index (χ3v) is 4.97. The number of nitrogens with zero attached hydrogens (tertiary/aromatic N) is 1. The molecule has 3 aromatic carbocycles. The molecule has 0 aromatic heterocycles. The predicted molar refractivity (Wildman–Crippen MR) is 112 cm³/mol. The first-order valence-corrected chi connectivity index (χ1v) is 9.13. The van der Waals surface area contributed by atoms with Gasteiger partial charge in [0.15, 0.2) is 0 Å². The van der Waals surface area contributed by atoms with Gasteiger partial charge in [-0.05, 0) is 52.9 Å². The Morgan fingerprint density at radius 2 is 1.70 bits per heavy atom. The number of hydrogen-bond donors (Lipinski definition) is 1. The van der Waals surface area contributed by atoms with E-state index in [1.807, 2.05) is 30.3 Å². The molecule has 3 heteroatoms. The lowest BCUT2D eigenvalue weighted by Crippen LogP contribution is -2.36. The Morgan fingerprint density at radius 1 is 0.926 bits per heavy atom. The van der Waals surface area contributed by atoms with Crippen molar-refractivity contribution in [1.29, 1.82) is 0 Å². The van der Waals surface area contributed by atoms with Gasteiger partial charge in [-0.25, -0.2) is 0 Å². The van der Waals surface area contributed by atoms with Crippen LogP contribution in [0.5, 0.6) is 0 Å². The summed E-state index contributed by atoms with van der Waals surface area (Å²) in [7, 11) is 0. The smallest absolute Gasteiger partial charge is 0.241 e. The fraction of sp³-hybridized carbons (Fsp3) is 0.125. The van der Waals surface area contributed by atoms with Gasteiger partial charge >= 0.3 is 0 Å². The van der Waals surface area contributed by atoms with Crippen molar-refractivity contribution >= 4 is 23.7 Å². The van der Waals surface area contributed by atoms with E-state index >= 15 is 0 Å². The minimum Gasteiger partial charge on any atom is -0.322 e. The Morgan fingerprint density at radius 3 is 2.48 bits per heavy atom. The highest BCUT2D eigenvalue weighted by atomic mass is 16.2. The molecule has 3 nitrogen and oxygen atoms in total. The molecule has 1 amide bonds. The second-order valence-corrected chi connectivity index (χ2v) is 6.86. The van der Waals surface area contributed by atoms with E-state index in [1.54, 1.807) is 4.90 Å². The Balaban J connectivity index is 1.84. The van der Waals surface area contributed by atoms with Gasteiger partial charge in [0.2, 0.25) is 5.91 Å². The molecule has 0 fully saturated rings. The Hall–Kier alpha value is -3.17. The van der Waals surface area contributed by atoms with Crippen molar-refractivity contribution in [3.05, 3.63) is 89.0 Å². The van der Waals surface area contributed by atoms with E-state index in [9.17, 15) is 4.79 Å². The first kappa shape index (κ1) is 17.3. The first-order chi connectivity index (χ1) is 13.2. The molecule has 1 aliphatic rings. The standard InChI is InChI=1S/C24H22N2O/c1-17-7-12-23-21(13-17)10-8-20-14-19(18-5-3-2-4-6-18)9-11-22(20)16-26(23)24(27)15-25/h2-14H,15-16,25H2,1H3/b10-8-. The van der Waals surface area contributed by atoms with Gasteiger partial charge in [0, 0.05) is 0 Å². The van der Waals surface area contributed by atoms with Crippen LogP contribution in [0.4, 0.5) is 5.69 Å². The van der Waals surface area contributed by atoms with Gasteiger partial charge in [-0.2, -0.15) is 0 Å². The molecule has 0 saturated heterocycles. The lowest BCUT2D eigenvalue weighted by molar-refractivity contribution is -0.117. The number of carbonyl (C=O) groups is 1. The summed E-state index contributed by atoms with van der Waals surface area (Å²) < 4.78 is 0. The maximum absolute atomic E-state index is 12.6. The van der Waals surface area contributed by atoms with Crippen molar-refractivity contribution in [2.24, 2.45) is 5.73 Å². The van der Waals surface area contributed by atoms with Crippen LogP contribution in [0, 0.1) is 6.92 Å². The van der Waals surface area contributed by atoms with E-state index in [-0.39, 0.29) is 12.5 Å². The summed E-state index contributed by atoms with van der Waals surface area (Å²) in [4.78, 5) is 14.3. The average molecular weight is 354 g/mol. The summed E-state index contributed by atoms with van der Waals surface area (Å²) >= 11 is 0. The second-order valence-electron chi connectivity index (χ2n) is 6.86. The summed E-state index contributed by atoms with van der Waals surface area (Å²) in [6, 6.07) is 22.9. The van der Waals surface area contributed by atoms with E-state index in [0.29, 0.717) is 6.54 Å². The van der Waals surface area contributed by atoms with Crippen molar-refractivity contribution < 1.29 is 4.79 Å². The number of nitrogens with two attached hydrogens (primary N) is 1. The van der Waals surface area contributed by atoms with Crippen LogP contribution in [-0.2, 0) is 11.3 Å². The van der Waals surface area contributed by atoms with Crippen LogP contribution in [0.2, 0.25) is 0 Å². The highest BCUT2D eigenvalue weighted by Gasteiger charge is 2.20. The summed E-state index contributed by atoms with van der Waals surface area (Å²) in [5, 5.41) is 0. The average Bonchev–Trinajstić information content (AvgIpc) is 2.70. The zero-order valence-electron chi connectivity index (χ0n) is 15.4. The molecule has 2 N–H and O–H groups in total. The van der Waals surface area contributed by atoms with Gasteiger partial charge in [0.05, 0.1) is 18.8 Å². The van der Waals surface area contributed by atoms with Crippen LogP contribution in [0.15, 0.2) is 66.7 Å². The molecule has 1 heterocycles. The van der Waals surface area contributed by atoms with Gasteiger partial charge in [0.1, 0.15) is 0 Å². The maximum Gasteiger partial charge on any atom is 0.241 e. The molecule has 0 atom stereocenters. The van der Waals surface area contributed by atoms with Crippen molar-refractivity contribution in [2.45, 2.75) is 13.5 Å². The van der Waals surface area contributed by atoms with Crippen molar-refractivity contribution in [2.75, 3.05) is 11.4 Å². The molecule has 0 unspecified atom stereocenters. The highest BCUT2D eigenvalue weighted by Crippen LogP contribution is 2.31. The Labute approximate surface area is 159 Å². The number of carbonyl (C=O) groups excluding carboxylic acids is 1. The fourth-order valence-electron chi connectivity index (χ4n) is 3.53. The SMILES string of the molecule is Cc1ccc2c(c1)/C=C\c1cc(-c3ccccc3)ccc1CN2C(=O)CN. The lowest BCUT2D eigenvalue weighted by Gasteiger charge is -2.27. The van der Waals surface area contributed by atoms with Crippen LogP contribution < -0.4 is 10.6 Å². The molecule has 4 rings (SSSR count). The van der Waals surface area contributed by atoms with Gasteiger partial charge in [-0.3, -0.25) is 4.79 Å². The van der Waals surface area contributed by atoms with Crippen molar-refractivity contribution in [1.82, 2.24) is 0 Å². The molecule has 0 bridgehead atoms. The molecular formula is C24H22N2O. The summed E-state index contributed by atoms with van der Waals surface area (Å²) in [5.74, 6) is -0.0755. The topological polar surface area (TPSA) is 46.3 Å². The summed E-state index contributed by atoms with van der Waals surface area (Å²) in [6.07, 6.45) is 4.23. The predicted octanol–water partition coefficient (Wildman–Crippen LogP) is 4.64. The lowest BCUT2D eigenvalue weighted by atomic mass is 9.96. The quantitative estimate of drug-likeness (QED) is 0.729. The molecule has 27 heavy (non-hydrogen) atoms. The second kappa shape index (κ2) is 7.22. The molecule has 0 saturated carbocycles. The zero-order chi connectivity index (χ0) is 18.8. The van der Waals surface area contributed by atoms with E-state index in [2.05, 4.69) is 55.5 Å². The number of hydrogen-bond acceptors (Lipinski definition) is 2. The number of amides is 1. The molecule has 0 radical (unpaired) electrons. The molecule has 0 aliphatic carbocycles. The highest BCUT2D eigenvalue weighted by molar-refractivity contribution is 5.98. The normalized spacial score (nSPS) is 13.9. The molecular weight excluding hydrogens is 332 g/mol. The molecule has 1 aliphatic heterocycles. The summed E-state index contributed by atoms with van der Waals surface area (Å²) in [5.41, 5.74) is 13.4. The number of rotatable bonds is 2. The van der Waals surface area contributed by atoms with Crippen LogP contribution in [0.1, 0.15) is 22.3 Å². The summed E-state index contributed by atoms with van der Waals surface area (Å²) in [6.45, 7) is 2.57. The van der Waals surface area contributed by atoms with Crippen LogP contribution >= 0.6 is 0 Å². The van der Waals surface area contributed by atoms with Crippen molar-refractivity contribution in [3.63, 3.8) is 0 Å². The van der Waals surface area contributed by atoms with Gasteiger partial charge in [-0.15, -0.1) is 0 Å². The van der Waals surface area contributed by atoms with Gasteiger partial charge < -0.3 is 10.6 Å². The number of fused-ring (bicyclic) bond motifs is 2. The maximum atomic E-state index is 12.6. The number of anilines is 1. The van der Waals surface area contributed by atoms with Gasteiger partial charge in [0.25, 0.3) is 0 Å². The monoisotopic (exact) mass is 354 g/mol. The van der Waals surface area contributed by atoms with Crippen LogP contribution in [-0.4, -0.2) is 12.5 Å². The third kappa shape index (κ3) is 3.42. The van der Waals surface area contributed by atoms with Crippen LogP contribution in [0.3, 0.4) is 0 Å². The first-order valence-electron chi connectivity index (χ1n) is 9.13. The third-order valence-electron chi connectivity index (χ3n) is 4.97. The minimum absolute atomic E-state index is 0.00549. The Kier molecular flexibility index (Phi) is 4.61. The van der Waals surface area contributed by atoms with Gasteiger partial charge in [-0.1, -0.05) is 66.2 Å². The van der Waals surface area contributed by atoms with E-state index in [0.717, 1.165) is 27.9 Å². The van der Waals surface area contributed by atoms with Crippen molar-refractivity contribution in [3.8, 4) is 11.1 Å². The largest absolute Gasteiger partial charge is 0.322 e. The molecule has 0 spiro atoms. The van der Waals surface area contributed by atoms with E-state index in [4.69, 9.17) is 5.73 Å². The molecule has 3 aromatic rings. The number of benzene rings is 3. The zero-order valence-corrected chi connectivity index (χ0v) is 15.4. The molecule has 134 valence electrons.